The van der Waals surface area contributed by atoms with E-state index in [1.165, 1.54) is 16.6 Å². The number of carbonyl (C=O) groups excluding carboxylic acids is 2. The summed E-state index contributed by atoms with van der Waals surface area (Å²) in [5, 5.41) is 14.0. The summed E-state index contributed by atoms with van der Waals surface area (Å²) in [5.74, 6) is -0.301. The van der Waals surface area contributed by atoms with E-state index in [2.05, 4.69) is 25.8 Å². The minimum absolute atomic E-state index is 0.0230. The molecule has 2 aromatic rings. The molecule has 8 heteroatoms. The van der Waals surface area contributed by atoms with Crippen LogP contribution in [0.15, 0.2) is 70.7 Å². The van der Waals surface area contributed by atoms with Gasteiger partial charge in [0.05, 0.1) is 11.4 Å². The number of nitrogens with zero attached hydrogens (tertiary/aromatic N) is 5. The van der Waals surface area contributed by atoms with Crippen LogP contribution >= 0.6 is 0 Å². The minimum Gasteiger partial charge on any atom is -0.325 e. The molecule has 0 saturated heterocycles. The van der Waals surface area contributed by atoms with Crippen molar-refractivity contribution in [3.63, 3.8) is 0 Å². The molecule has 2 aliphatic carbocycles. The lowest BCUT2D eigenvalue weighted by molar-refractivity contribution is -0.117. The highest BCUT2D eigenvalue weighted by molar-refractivity contribution is 6.14. The van der Waals surface area contributed by atoms with E-state index < -0.39 is 0 Å². The third-order valence-corrected chi connectivity index (χ3v) is 5.20. The number of rotatable bonds is 2. The van der Waals surface area contributed by atoms with E-state index in [9.17, 15) is 9.59 Å². The first-order valence-corrected chi connectivity index (χ1v) is 9.08. The lowest BCUT2D eigenvalue weighted by Crippen LogP contribution is -2.35. The van der Waals surface area contributed by atoms with Gasteiger partial charge in [-0.05, 0) is 65.6 Å². The monoisotopic (exact) mass is 372 g/mol. The zero-order valence-corrected chi connectivity index (χ0v) is 14.9. The third-order valence-electron chi connectivity index (χ3n) is 5.20. The summed E-state index contributed by atoms with van der Waals surface area (Å²) in [5.41, 5.74) is 4.54. The second-order valence-corrected chi connectivity index (χ2v) is 6.89. The summed E-state index contributed by atoms with van der Waals surface area (Å²) >= 11 is 0. The molecule has 2 heterocycles. The summed E-state index contributed by atoms with van der Waals surface area (Å²) in [7, 11) is 0. The normalized spacial score (nSPS) is 22.0. The van der Waals surface area contributed by atoms with Crippen molar-refractivity contribution in [2.24, 2.45) is 10.9 Å². The second kappa shape index (κ2) is 6.49. The molecule has 0 bridgehead atoms. The van der Waals surface area contributed by atoms with Gasteiger partial charge in [-0.3, -0.25) is 9.59 Å². The Labute approximate surface area is 160 Å². The van der Waals surface area contributed by atoms with Crippen LogP contribution in [0.5, 0.6) is 0 Å². The van der Waals surface area contributed by atoms with Crippen molar-refractivity contribution >= 4 is 17.5 Å². The molecule has 0 radical (unpaired) electrons. The molecule has 138 valence electrons. The molecule has 1 aromatic carbocycles. The summed E-state index contributed by atoms with van der Waals surface area (Å²) in [6.07, 6.45) is 9.92. The Morgan fingerprint density at radius 1 is 1.29 bits per heavy atom. The summed E-state index contributed by atoms with van der Waals surface area (Å²) in [4.78, 5) is 29.1. The molecule has 3 aliphatic rings. The largest absolute Gasteiger partial charge is 0.325 e. The molecule has 1 atom stereocenters. The van der Waals surface area contributed by atoms with Gasteiger partial charge in [-0.15, -0.1) is 5.10 Å². The lowest BCUT2D eigenvalue weighted by Gasteiger charge is -2.28. The Hall–Kier alpha value is -3.68. The molecule has 1 N–H and O–H groups in total. The number of amides is 2. The molecule has 0 fully saturated rings. The van der Waals surface area contributed by atoms with Gasteiger partial charge < -0.3 is 5.32 Å². The Morgan fingerprint density at radius 2 is 2.21 bits per heavy atom. The number of allylic oxidation sites excluding steroid dienone is 3. The third kappa shape index (κ3) is 2.79. The highest BCUT2D eigenvalue weighted by Gasteiger charge is 2.34. The van der Waals surface area contributed by atoms with Gasteiger partial charge in [0.1, 0.15) is 6.33 Å². The fraction of sp³-hybridized carbons (Fsp3) is 0.200. The first-order valence-electron chi connectivity index (χ1n) is 9.08. The van der Waals surface area contributed by atoms with Crippen LogP contribution in [0.25, 0.3) is 5.69 Å². The number of hydrogen-bond donors (Lipinski definition) is 1. The summed E-state index contributed by atoms with van der Waals surface area (Å²) < 4.78 is 1.47. The average molecular weight is 372 g/mol. The number of nitrogens with one attached hydrogen (secondary N) is 1. The fourth-order valence-electron chi connectivity index (χ4n) is 3.90. The van der Waals surface area contributed by atoms with Crippen LogP contribution in [-0.4, -0.2) is 37.7 Å². The maximum Gasteiger partial charge on any atom is 0.277 e. The van der Waals surface area contributed by atoms with Crippen LogP contribution < -0.4 is 5.32 Å². The van der Waals surface area contributed by atoms with E-state index in [0.717, 1.165) is 30.5 Å². The van der Waals surface area contributed by atoms with Crippen LogP contribution in [0.3, 0.4) is 0 Å². The van der Waals surface area contributed by atoms with Crippen molar-refractivity contribution < 1.29 is 9.59 Å². The van der Waals surface area contributed by atoms with Crippen LogP contribution in [0.1, 0.15) is 29.6 Å². The average Bonchev–Trinajstić information content (AvgIpc) is 3.40. The molecule has 2 amide bonds. The van der Waals surface area contributed by atoms with Gasteiger partial charge in [0.25, 0.3) is 11.8 Å². The quantitative estimate of drug-likeness (QED) is 0.868. The van der Waals surface area contributed by atoms with Crippen molar-refractivity contribution in [2.45, 2.75) is 19.3 Å². The zero-order valence-electron chi connectivity index (χ0n) is 14.9. The van der Waals surface area contributed by atoms with Gasteiger partial charge in [-0.1, -0.05) is 12.1 Å². The van der Waals surface area contributed by atoms with Crippen molar-refractivity contribution in [2.75, 3.05) is 0 Å². The first kappa shape index (κ1) is 16.5. The molecule has 1 unspecified atom stereocenters. The van der Waals surface area contributed by atoms with Crippen LogP contribution in [-0.2, 0) is 4.79 Å². The molecule has 28 heavy (non-hydrogen) atoms. The van der Waals surface area contributed by atoms with Crippen molar-refractivity contribution in [1.82, 2.24) is 25.5 Å². The first-order chi connectivity index (χ1) is 13.7. The number of fused-ring (bicyclic) bond motifs is 2. The van der Waals surface area contributed by atoms with Gasteiger partial charge in [-0.2, -0.15) is 0 Å². The molecule has 5 rings (SSSR count). The summed E-state index contributed by atoms with van der Waals surface area (Å²) in [6.45, 7) is 0. The maximum absolute atomic E-state index is 12.6. The Bertz CT molecular complexity index is 1110. The standard InChI is InChI=1S/C20H16N6O2/c27-19(12-3-1-4-14(9-12)26-11-21-24-25-26)22-13-7-8-16-15-5-2-6-17(15)20(28)23-18(16)10-13/h1,3-4,7-11,16H,2,5-6H2,(H,23,28). The number of hydrogen-bond acceptors (Lipinski definition) is 5. The predicted octanol–water partition coefficient (Wildman–Crippen LogP) is 1.92. The molecule has 0 saturated carbocycles. The van der Waals surface area contributed by atoms with E-state index in [1.807, 2.05) is 12.2 Å². The molecular weight excluding hydrogens is 356 g/mol. The van der Waals surface area contributed by atoms with E-state index in [0.29, 0.717) is 17.0 Å². The van der Waals surface area contributed by atoms with Gasteiger partial charge in [0.2, 0.25) is 0 Å². The molecular formula is C20H16N6O2. The number of aromatic nitrogens is 4. The van der Waals surface area contributed by atoms with E-state index in [4.69, 9.17) is 0 Å². The van der Waals surface area contributed by atoms with Crippen LogP contribution in [0.2, 0.25) is 0 Å². The van der Waals surface area contributed by atoms with Crippen molar-refractivity contribution in [3.8, 4) is 5.69 Å². The Morgan fingerprint density at radius 3 is 3.07 bits per heavy atom. The Balaban J connectivity index is 1.42. The topological polar surface area (TPSA) is 102 Å². The second-order valence-electron chi connectivity index (χ2n) is 6.89. The number of aliphatic imine (C=N–C) groups is 1. The molecule has 1 aromatic heterocycles. The smallest absolute Gasteiger partial charge is 0.277 e. The van der Waals surface area contributed by atoms with Gasteiger partial charge in [0, 0.05) is 22.8 Å². The van der Waals surface area contributed by atoms with Gasteiger partial charge >= 0.3 is 0 Å². The Kier molecular flexibility index (Phi) is 3.82. The maximum atomic E-state index is 12.6. The fourth-order valence-corrected chi connectivity index (χ4v) is 3.90. The van der Waals surface area contributed by atoms with Crippen LogP contribution in [0.4, 0.5) is 0 Å². The van der Waals surface area contributed by atoms with Gasteiger partial charge in [-0.25, -0.2) is 9.67 Å². The highest BCUT2D eigenvalue weighted by atomic mass is 16.2. The van der Waals surface area contributed by atoms with E-state index in [1.54, 1.807) is 30.3 Å². The molecule has 1 aliphatic heterocycles. The number of benzene rings is 1. The summed E-state index contributed by atoms with van der Waals surface area (Å²) in [6, 6.07) is 6.94. The van der Waals surface area contributed by atoms with Crippen molar-refractivity contribution in [1.29, 1.82) is 0 Å². The van der Waals surface area contributed by atoms with Crippen LogP contribution in [0, 0.1) is 5.92 Å². The predicted molar refractivity (Wildman–Crippen MR) is 101 cm³/mol. The van der Waals surface area contributed by atoms with E-state index in [-0.39, 0.29) is 17.7 Å². The lowest BCUT2D eigenvalue weighted by atomic mass is 9.85. The molecule has 0 spiro atoms. The highest BCUT2D eigenvalue weighted by Crippen LogP contribution is 2.39. The zero-order chi connectivity index (χ0) is 19.1. The van der Waals surface area contributed by atoms with E-state index >= 15 is 0 Å². The van der Waals surface area contributed by atoms with Gasteiger partial charge in [0.15, 0.2) is 0 Å². The minimum atomic E-state index is -0.368. The molecule has 8 nitrogen and oxygen atoms in total. The number of carbonyl (C=O) groups is 2. The number of tetrazole rings is 1. The van der Waals surface area contributed by atoms with Crippen molar-refractivity contribution in [3.05, 3.63) is 71.2 Å². The SMILES string of the molecule is O=C1NC2=CC(=NC(=O)c3cccc(-n4cnnn4)c3)C=CC2C2=C1CCC2.